The van der Waals surface area contributed by atoms with Crippen LogP contribution >= 0.6 is 0 Å². The minimum atomic E-state index is -4.94. The molecule has 1 N–H and O–H groups in total. The van der Waals surface area contributed by atoms with Gasteiger partial charge in [-0.25, -0.2) is 12.8 Å². The third kappa shape index (κ3) is 5.85. The third-order valence-corrected chi connectivity index (χ3v) is 6.77. The minimum Gasteiger partial charge on any atom is -0.454 e. The van der Waals surface area contributed by atoms with Crippen molar-refractivity contribution in [2.75, 3.05) is 10.5 Å². The van der Waals surface area contributed by atoms with E-state index in [1.165, 1.54) is 48.6 Å². The number of pyridine rings is 1. The number of benzene rings is 2. The summed E-state index contributed by atoms with van der Waals surface area (Å²) < 4.78 is 86.5. The number of aromatic nitrogens is 1. The lowest BCUT2D eigenvalue weighted by Gasteiger charge is -2.17. The van der Waals surface area contributed by atoms with Crippen molar-refractivity contribution < 1.29 is 33.6 Å². The molecule has 0 unspecified atom stereocenters. The smallest absolute Gasteiger partial charge is 0.404 e. The molecule has 1 aliphatic rings. The lowest BCUT2D eigenvalue weighted by Crippen LogP contribution is -2.43. The van der Waals surface area contributed by atoms with Crippen LogP contribution in [-0.2, 0) is 23.5 Å². The van der Waals surface area contributed by atoms with Crippen molar-refractivity contribution >= 4 is 21.8 Å². The number of hydrogen-bond donors (Lipinski definition) is 1. The monoisotopic (exact) mass is 540 g/mol. The van der Waals surface area contributed by atoms with Gasteiger partial charge in [-0.05, 0) is 42.3 Å². The summed E-state index contributed by atoms with van der Waals surface area (Å²) >= 11 is 0. The van der Waals surface area contributed by atoms with Crippen LogP contribution in [0.1, 0.15) is 21.8 Å². The molecule has 1 aromatic heterocycles. The molecule has 1 radical (unpaired) electrons. The molecule has 0 atom stereocenters. The zero-order valence-corrected chi connectivity index (χ0v) is 20.6. The fourth-order valence-electron chi connectivity index (χ4n) is 3.97. The predicted molar refractivity (Wildman–Crippen MR) is 135 cm³/mol. The lowest BCUT2D eigenvalue weighted by molar-refractivity contribution is -0.106. The first-order valence-electron chi connectivity index (χ1n) is 11.2. The fourth-order valence-corrected chi connectivity index (χ4v) is 4.96. The largest absolute Gasteiger partial charge is 0.454 e. The van der Waals surface area contributed by atoms with Crippen LogP contribution in [-0.4, -0.2) is 24.9 Å². The molecule has 0 aliphatic carbocycles. The van der Waals surface area contributed by atoms with E-state index in [1.807, 2.05) is 11.6 Å². The van der Waals surface area contributed by atoms with E-state index in [0.717, 1.165) is 0 Å². The van der Waals surface area contributed by atoms with Gasteiger partial charge in [-0.3, -0.25) is 14.5 Å². The molecule has 7 nitrogen and oxygen atoms in total. The van der Waals surface area contributed by atoms with Crippen LogP contribution in [0, 0.1) is 12.4 Å². The highest BCUT2D eigenvalue weighted by atomic mass is 32.2. The van der Waals surface area contributed by atoms with Gasteiger partial charge in [0, 0.05) is 38.1 Å². The number of alkyl halides is 3. The van der Waals surface area contributed by atoms with Gasteiger partial charge >= 0.3 is 6.18 Å². The highest BCUT2D eigenvalue weighted by Crippen LogP contribution is 2.36. The Balaban J connectivity index is 0.00000267. The second-order valence-electron chi connectivity index (χ2n) is 8.43. The molecule has 12 heteroatoms. The molecule has 0 bridgehead atoms. The van der Waals surface area contributed by atoms with Crippen LogP contribution in [0.3, 0.4) is 0 Å². The van der Waals surface area contributed by atoms with Crippen molar-refractivity contribution in [2.24, 2.45) is 12.0 Å². The van der Waals surface area contributed by atoms with Crippen molar-refractivity contribution in [3.63, 3.8) is 0 Å². The molecule has 0 fully saturated rings. The summed E-state index contributed by atoms with van der Waals surface area (Å²) in [6.45, 7) is 3.32. The predicted octanol–water partition coefficient (Wildman–Crippen LogP) is 4.31. The van der Waals surface area contributed by atoms with Crippen molar-refractivity contribution in [1.29, 1.82) is 0 Å². The minimum absolute atomic E-state index is 0. The Morgan fingerprint density at radius 2 is 1.89 bits per heavy atom. The number of anilines is 1. The van der Waals surface area contributed by atoms with Gasteiger partial charge in [-0.15, -0.1) is 0 Å². The van der Waals surface area contributed by atoms with Gasteiger partial charge in [-0.1, -0.05) is 25.5 Å². The number of halogens is 4. The number of sulfonamides is 1. The Bertz CT molecular complexity index is 1660. The Morgan fingerprint density at radius 3 is 2.59 bits per heavy atom. The van der Waals surface area contributed by atoms with Gasteiger partial charge in [0.25, 0.3) is 5.56 Å². The van der Waals surface area contributed by atoms with Crippen molar-refractivity contribution in [3.8, 4) is 22.6 Å². The number of nitrogens with one attached hydrogen (secondary N) is 1. The van der Waals surface area contributed by atoms with E-state index in [-0.39, 0.29) is 36.5 Å². The molecular formula is C25H26F4N3O4S. The van der Waals surface area contributed by atoms with Crippen LogP contribution in [0.2, 0.25) is 0 Å². The SMILES string of the molecule is CCCc1cccc(Oc2ccc(NS(=O)(=O)CC(F)(F)F)cc2-c2cn(C)c(=O)c3c2=C[CH]N=3)c1F.[HH].[HH]. The van der Waals surface area contributed by atoms with Gasteiger partial charge in [-0.2, -0.15) is 13.2 Å². The highest BCUT2D eigenvalue weighted by Gasteiger charge is 2.35. The zero-order valence-electron chi connectivity index (χ0n) is 19.8. The number of aryl methyl sites for hydroxylation is 2. The maximum absolute atomic E-state index is 15.1. The quantitative estimate of drug-likeness (QED) is 0.432. The summed E-state index contributed by atoms with van der Waals surface area (Å²) in [6.07, 6.45) is -0.719. The maximum atomic E-state index is 15.1. The molecule has 3 aromatic rings. The summed E-state index contributed by atoms with van der Waals surface area (Å²) in [6, 6.07) is 8.50. The number of hydrogen-bond acceptors (Lipinski definition) is 5. The number of ether oxygens (including phenoxy) is 1. The van der Waals surface area contributed by atoms with Gasteiger partial charge < -0.3 is 9.30 Å². The second kappa shape index (κ2) is 10.0. The number of rotatable bonds is 8. The van der Waals surface area contributed by atoms with E-state index in [2.05, 4.69) is 4.99 Å². The van der Waals surface area contributed by atoms with Crippen LogP contribution in [0.4, 0.5) is 23.2 Å². The average Bonchev–Trinajstić information content (AvgIpc) is 3.28. The van der Waals surface area contributed by atoms with Gasteiger partial charge in [0.2, 0.25) is 10.0 Å². The second-order valence-corrected chi connectivity index (χ2v) is 10.2. The van der Waals surface area contributed by atoms with Crippen LogP contribution < -0.4 is 25.6 Å². The summed E-state index contributed by atoms with van der Waals surface area (Å²) in [5.74, 6) is -2.63. The number of fused-ring (bicyclic) bond motifs is 1. The zero-order chi connectivity index (χ0) is 27.0. The summed E-state index contributed by atoms with van der Waals surface area (Å²) in [4.78, 5) is 16.6. The van der Waals surface area contributed by atoms with E-state index >= 15 is 4.39 Å². The highest BCUT2D eigenvalue weighted by molar-refractivity contribution is 7.92. The molecular weight excluding hydrogens is 514 g/mol. The standard InChI is InChI=1S/C25H22F4N3O4S.2H2/c1-3-5-15-6-4-7-21(22(15)26)36-20-9-8-16(31-37(34,35)14-25(27,28)29)12-18(20)19-13-32(2)24(33)23-17(19)10-11-30-23;;/h4,6-13,31H,3,5,14H2,1-2H3;2*1H. The summed E-state index contributed by atoms with van der Waals surface area (Å²) in [5.41, 5.74) is 0.482. The number of nitrogens with zero attached hydrogens (tertiary/aromatic N) is 2. The molecule has 199 valence electrons. The van der Waals surface area contributed by atoms with Gasteiger partial charge in [0.1, 0.15) is 11.1 Å². The van der Waals surface area contributed by atoms with Crippen LogP contribution in [0.25, 0.3) is 17.2 Å². The molecule has 0 saturated carbocycles. The molecule has 37 heavy (non-hydrogen) atoms. The maximum Gasteiger partial charge on any atom is 0.404 e. The van der Waals surface area contributed by atoms with E-state index in [4.69, 9.17) is 4.74 Å². The molecule has 0 spiro atoms. The van der Waals surface area contributed by atoms with Crippen molar-refractivity contribution in [3.05, 3.63) is 81.5 Å². The Labute approximate surface area is 212 Å². The lowest BCUT2D eigenvalue weighted by atomic mass is 10.0. The first kappa shape index (κ1) is 26.4. The summed E-state index contributed by atoms with van der Waals surface area (Å²) in [5, 5.41) is 0.536. The topological polar surface area (TPSA) is 89.8 Å². The van der Waals surface area contributed by atoms with E-state index in [0.29, 0.717) is 29.2 Å². The van der Waals surface area contributed by atoms with Gasteiger partial charge in [0.05, 0.1) is 6.54 Å². The fraction of sp³-hybridized carbons (Fsp3) is 0.240. The third-order valence-electron chi connectivity index (χ3n) is 5.52. The Morgan fingerprint density at radius 1 is 1.14 bits per heavy atom. The molecule has 0 amide bonds. The Hall–Kier alpha value is -3.67. The van der Waals surface area contributed by atoms with Crippen molar-refractivity contribution in [2.45, 2.75) is 25.9 Å². The Kier molecular flexibility index (Phi) is 7.13. The van der Waals surface area contributed by atoms with E-state index in [1.54, 1.807) is 18.2 Å². The van der Waals surface area contributed by atoms with E-state index < -0.39 is 27.8 Å². The van der Waals surface area contributed by atoms with Crippen LogP contribution in [0.15, 0.2) is 52.4 Å². The van der Waals surface area contributed by atoms with Crippen LogP contribution in [0.5, 0.6) is 11.5 Å². The molecule has 4 rings (SSSR count). The van der Waals surface area contributed by atoms with Gasteiger partial charge in [0.15, 0.2) is 17.3 Å². The molecule has 0 saturated heterocycles. The van der Waals surface area contributed by atoms with Crippen molar-refractivity contribution in [1.82, 2.24) is 4.57 Å². The summed E-state index contributed by atoms with van der Waals surface area (Å²) in [7, 11) is -3.28. The first-order chi connectivity index (χ1) is 17.4. The first-order valence-corrected chi connectivity index (χ1v) is 12.8. The molecule has 1 aliphatic heterocycles. The van der Waals surface area contributed by atoms with E-state index in [9.17, 15) is 26.4 Å². The average molecular weight is 541 g/mol. The normalized spacial score (nSPS) is 13.0. The molecule has 2 heterocycles. The molecule has 2 aromatic carbocycles.